The Labute approximate surface area is 334 Å². The number of nitrogens with two attached hydrogens (primary N) is 1. The summed E-state index contributed by atoms with van der Waals surface area (Å²) in [6.07, 6.45) is 3.42. The molecule has 0 spiro atoms. The van der Waals surface area contributed by atoms with Crippen molar-refractivity contribution in [3.05, 3.63) is 90.1 Å². The smallest absolute Gasteiger partial charge is 0.305 e. The molecule has 2 amide bonds. The maximum atomic E-state index is 12.9. The summed E-state index contributed by atoms with van der Waals surface area (Å²) in [6.45, 7) is 8.92. The normalized spacial score (nSPS) is 12.2. The number of rotatable bonds is 28. The number of carbonyl (C=O) groups is 3. The van der Waals surface area contributed by atoms with E-state index in [9.17, 15) is 19.5 Å². The Kier molecular flexibility index (Phi) is 19.7. The summed E-state index contributed by atoms with van der Waals surface area (Å²) in [6, 6.07) is 21.5. The van der Waals surface area contributed by atoms with E-state index >= 15 is 0 Å². The van der Waals surface area contributed by atoms with E-state index in [1.165, 1.54) is 0 Å². The predicted molar refractivity (Wildman–Crippen MR) is 219 cm³/mol. The Morgan fingerprint density at radius 3 is 2.11 bits per heavy atom. The maximum Gasteiger partial charge on any atom is 0.305 e. The number of fused-ring (bicyclic) bond motifs is 1. The van der Waals surface area contributed by atoms with E-state index in [0.29, 0.717) is 77.8 Å². The maximum absolute atomic E-state index is 12.9. The standard InChI is InChI=1S/C43H57N5O9/c1-3-19-53-20-21-54-22-23-55-24-25-56-26-27-57-39-15-14-34(35-7-4-5-8-36(35)39)32-10-12-33(13-11-32)38(29-42(50)51)48-41(49)30-47-43(52)37(44)9-6-17-45-40-28-31(2)16-18-46-40/h4-5,7-8,10-16,18,28,37-38H,3,6,9,17,19-27,29-30,44H2,1-2H3,(H,45,46)(H,47,52)(H,48,49)(H,50,51). The van der Waals surface area contributed by atoms with Crippen LogP contribution in [0.2, 0.25) is 0 Å². The lowest BCUT2D eigenvalue weighted by Gasteiger charge is -2.19. The number of benzene rings is 3. The van der Waals surface area contributed by atoms with Crippen molar-refractivity contribution in [3.63, 3.8) is 0 Å². The van der Waals surface area contributed by atoms with E-state index in [1.807, 2.05) is 67.6 Å². The number of amides is 2. The van der Waals surface area contributed by atoms with Gasteiger partial charge in [0.05, 0.1) is 71.3 Å². The van der Waals surface area contributed by atoms with Gasteiger partial charge in [-0.1, -0.05) is 61.5 Å². The first kappa shape index (κ1) is 44.6. The Hall–Kier alpha value is -5.12. The van der Waals surface area contributed by atoms with Gasteiger partial charge < -0.3 is 50.5 Å². The summed E-state index contributed by atoms with van der Waals surface area (Å²) in [5.74, 6) is -0.574. The molecule has 0 radical (unpaired) electrons. The molecule has 14 nitrogen and oxygen atoms in total. The van der Waals surface area contributed by atoms with Crippen molar-refractivity contribution in [2.45, 2.75) is 51.6 Å². The fourth-order valence-corrected chi connectivity index (χ4v) is 5.93. The SMILES string of the molecule is CCCOCCOCCOCCOCCOc1ccc(-c2ccc(C(CC(=O)O)NC(=O)CNC(=O)C(N)CCCNc3cc(C)ccn3)cc2)c2ccccc12. The van der Waals surface area contributed by atoms with Gasteiger partial charge in [-0.2, -0.15) is 0 Å². The topological polar surface area (TPSA) is 193 Å². The lowest BCUT2D eigenvalue weighted by molar-refractivity contribution is -0.138. The van der Waals surface area contributed by atoms with Gasteiger partial charge in [-0.25, -0.2) is 4.98 Å². The summed E-state index contributed by atoms with van der Waals surface area (Å²) < 4.78 is 28.1. The molecule has 308 valence electrons. The number of aryl methyl sites for hydroxylation is 1. The molecule has 3 aromatic carbocycles. The lowest BCUT2D eigenvalue weighted by atomic mass is 9.95. The second-order valence-corrected chi connectivity index (χ2v) is 13.4. The van der Waals surface area contributed by atoms with E-state index in [0.717, 1.165) is 52.1 Å². The van der Waals surface area contributed by atoms with Crippen molar-refractivity contribution in [2.75, 3.05) is 77.9 Å². The number of aliphatic carboxylic acids is 1. The molecule has 14 heteroatoms. The zero-order chi connectivity index (χ0) is 40.7. The predicted octanol–water partition coefficient (Wildman–Crippen LogP) is 5.03. The van der Waals surface area contributed by atoms with Gasteiger partial charge in [-0.3, -0.25) is 14.4 Å². The van der Waals surface area contributed by atoms with Crippen LogP contribution in [0.15, 0.2) is 79.0 Å². The zero-order valence-electron chi connectivity index (χ0n) is 33.0. The van der Waals surface area contributed by atoms with E-state index in [4.69, 9.17) is 29.4 Å². The van der Waals surface area contributed by atoms with Gasteiger partial charge in [0.25, 0.3) is 0 Å². The molecule has 1 aromatic heterocycles. The van der Waals surface area contributed by atoms with Crippen molar-refractivity contribution in [1.29, 1.82) is 0 Å². The van der Waals surface area contributed by atoms with Crippen molar-refractivity contribution in [2.24, 2.45) is 5.73 Å². The Morgan fingerprint density at radius 2 is 1.46 bits per heavy atom. The minimum Gasteiger partial charge on any atom is -0.491 e. The highest BCUT2D eigenvalue weighted by Gasteiger charge is 2.20. The highest BCUT2D eigenvalue weighted by Crippen LogP contribution is 2.35. The van der Waals surface area contributed by atoms with E-state index in [1.54, 1.807) is 18.3 Å². The highest BCUT2D eigenvalue weighted by molar-refractivity contribution is 6.00. The average Bonchev–Trinajstić information content (AvgIpc) is 3.21. The van der Waals surface area contributed by atoms with Gasteiger partial charge in [0.15, 0.2) is 0 Å². The molecule has 0 saturated carbocycles. The van der Waals surface area contributed by atoms with Crippen molar-refractivity contribution < 1.29 is 43.2 Å². The molecule has 4 aromatic rings. The fraction of sp³-hybridized carbons (Fsp3) is 0.442. The molecule has 2 atom stereocenters. The molecule has 57 heavy (non-hydrogen) atoms. The third kappa shape index (κ3) is 16.1. The summed E-state index contributed by atoms with van der Waals surface area (Å²) in [7, 11) is 0. The largest absolute Gasteiger partial charge is 0.491 e. The van der Waals surface area contributed by atoms with Crippen LogP contribution in [0.3, 0.4) is 0 Å². The van der Waals surface area contributed by atoms with Crippen LogP contribution in [-0.4, -0.2) is 106 Å². The van der Waals surface area contributed by atoms with Crippen LogP contribution >= 0.6 is 0 Å². The number of nitrogens with zero attached hydrogens (tertiary/aromatic N) is 1. The summed E-state index contributed by atoms with van der Waals surface area (Å²) >= 11 is 0. The molecular weight excluding hydrogens is 730 g/mol. The van der Waals surface area contributed by atoms with Gasteiger partial charge in [0, 0.05) is 24.7 Å². The molecular formula is C43H57N5O9. The Balaban J connectivity index is 1.22. The van der Waals surface area contributed by atoms with Crippen LogP contribution in [0, 0.1) is 6.92 Å². The van der Waals surface area contributed by atoms with Crippen LogP contribution in [0.4, 0.5) is 5.82 Å². The summed E-state index contributed by atoms with van der Waals surface area (Å²) in [5, 5.41) is 20.1. The van der Waals surface area contributed by atoms with Gasteiger partial charge in [0.1, 0.15) is 18.2 Å². The van der Waals surface area contributed by atoms with Crippen LogP contribution < -0.4 is 26.4 Å². The Bertz CT molecular complexity index is 1820. The summed E-state index contributed by atoms with van der Waals surface area (Å²) in [4.78, 5) is 41.4. The molecule has 4 rings (SSSR count). The van der Waals surface area contributed by atoms with Crippen LogP contribution in [0.25, 0.3) is 21.9 Å². The number of ether oxygens (including phenoxy) is 5. The van der Waals surface area contributed by atoms with E-state index in [-0.39, 0.29) is 13.0 Å². The second kappa shape index (κ2) is 25.2. The molecule has 1 heterocycles. The molecule has 2 unspecified atom stereocenters. The first-order valence-corrected chi connectivity index (χ1v) is 19.5. The van der Waals surface area contributed by atoms with Crippen molar-refractivity contribution in [1.82, 2.24) is 15.6 Å². The minimum atomic E-state index is -1.07. The second-order valence-electron chi connectivity index (χ2n) is 13.4. The van der Waals surface area contributed by atoms with Crippen molar-refractivity contribution >= 4 is 34.4 Å². The fourth-order valence-electron chi connectivity index (χ4n) is 5.93. The van der Waals surface area contributed by atoms with Crippen LogP contribution in [0.1, 0.15) is 49.8 Å². The third-order valence-electron chi connectivity index (χ3n) is 8.85. The number of hydrogen-bond donors (Lipinski definition) is 5. The number of anilines is 1. The van der Waals surface area contributed by atoms with E-state index < -0.39 is 29.9 Å². The number of carboxylic acids is 1. The number of pyridine rings is 1. The molecule has 0 aliphatic carbocycles. The van der Waals surface area contributed by atoms with Gasteiger partial charge in [0.2, 0.25) is 11.8 Å². The first-order chi connectivity index (χ1) is 27.7. The van der Waals surface area contributed by atoms with Crippen LogP contribution in [0.5, 0.6) is 5.75 Å². The number of nitrogens with one attached hydrogen (secondary N) is 3. The first-order valence-electron chi connectivity index (χ1n) is 19.5. The molecule has 0 fully saturated rings. The number of hydrogen-bond acceptors (Lipinski definition) is 11. The minimum absolute atomic E-state index is 0.334. The molecule has 6 N–H and O–H groups in total. The highest BCUT2D eigenvalue weighted by atomic mass is 16.6. The molecule has 0 aliphatic heterocycles. The summed E-state index contributed by atoms with van der Waals surface area (Å²) in [5.41, 5.74) is 9.63. The molecule has 0 aliphatic rings. The lowest BCUT2D eigenvalue weighted by Crippen LogP contribution is -2.45. The molecule has 0 saturated heterocycles. The molecule has 0 bridgehead atoms. The zero-order valence-corrected chi connectivity index (χ0v) is 33.0. The number of aromatic nitrogens is 1. The van der Waals surface area contributed by atoms with Crippen LogP contribution in [-0.2, 0) is 33.3 Å². The Morgan fingerprint density at radius 1 is 0.807 bits per heavy atom. The monoisotopic (exact) mass is 787 g/mol. The van der Waals surface area contributed by atoms with E-state index in [2.05, 4.69) is 27.9 Å². The van der Waals surface area contributed by atoms with Gasteiger partial charge >= 0.3 is 5.97 Å². The van der Waals surface area contributed by atoms with Crippen molar-refractivity contribution in [3.8, 4) is 16.9 Å². The number of carboxylic acid groups (broad SMARTS) is 1. The van der Waals surface area contributed by atoms with Gasteiger partial charge in [-0.15, -0.1) is 0 Å². The van der Waals surface area contributed by atoms with Gasteiger partial charge in [-0.05, 0) is 72.0 Å². The quantitative estimate of drug-likeness (QED) is 0.0483. The average molecular weight is 788 g/mol. The number of carbonyl (C=O) groups excluding carboxylic acids is 2. The third-order valence-corrected chi connectivity index (χ3v) is 8.85.